The summed E-state index contributed by atoms with van der Waals surface area (Å²) < 4.78 is 32.5. The molecule has 0 saturated carbocycles. The van der Waals surface area contributed by atoms with Gasteiger partial charge < -0.3 is 15.8 Å². The van der Waals surface area contributed by atoms with Crippen LogP contribution in [0.4, 0.5) is 0 Å². The van der Waals surface area contributed by atoms with Gasteiger partial charge in [0.15, 0.2) is 6.61 Å². The van der Waals surface area contributed by atoms with Crippen LogP contribution in [-0.4, -0.2) is 44.2 Å². The summed E-state index contributed by atoms with van der Waals surface area (Å²) >= 11 is 0. The molecule has 3 N–H and O–H groups in total. The summed E-state index contributed by atoms with van der Waals surface area (Å²) in [5, 5.41) is 5.06. The van der Waals surface area contributed by atoms with Gasteiger partial charge in [-0.05, 0) is 60.4 Å². The van der Waals surface area contributed by atoms with Crippen molar-refractivity contribution in [3.05, 3.63) is 71.8 Å². The van der Waals surface area contributed by atoms with E-state index in [-0.39, 0.29) is 34.8 Å². The van der Waals surface area contributed by atoms with Gasteiger partial charge in [0.25, 0.3) is 11.8 Å². The summed E-state index contributed by atoms with van der Waals surface area (Å²) in [7, 11) is -3.71. The van der Waals surface area contributed by atoms with Gasteiger partial charge in [0.1, 0.15) is 5.75 Å². The fourth-order valence-electron chi connectivity index (χ4n) is 4.05. The number of ether oxygens (including phenoxy) is 1. The minimum Gasteiger partial charge on any atom is -0.483 e. The highest BCUT2D eigenvalue weighted by molar-refractivity contribution is 7.89. The summed E-state index contributed by atoms with van der Waals surface area (Å²) in [5.41, 5.74) is 6.32. The number of nitrogens with zero attached hydrogens (tertiary/aromatic N) is 1. The van der Waals surface area contributed by atoms with E-state index in [0.717, 1.165) is 29.2 Å². The topological polar surface area (TPSA) is 119 Å². The van der Waals surface area contributed by atoms with Crippen molar-refractivity contribution in [2.24, 2.45) is 5.73 Å². The van der Waals surface area contributed by atoms with E-state index < -0.39 is 15.9 Å². The lowest BCUT2D eigenvalue weighted by atomic mass is 10.0. The number of nitrogens with two attached hydrogens (primary N) is 1. The first-order valence-electron chi connectivity index (χ1n) is 11.1. The molecule has 0 bridgehead atoms. The third-order valence-corrected chi connectivity index (χ3v) is 7.82. The monoisotopic (exact) mass is 481 g/mol. The lowest BCUT2D eigenvalue weighted by molar-refractivity contribution is -0.123. The minimum atomic E-state index is -3.71. The Labute approximate surface area is 198 Å². The molecule has 4 rings (SSSR count). The lowest BCUT2D eigenvalue weighted by Gasteiger charge is -2.18. The highest BCUT2D eigenvalue weighted by Gasteiger charge is 2.28. The molecule has 1 saturated heterocycles. The third kappa shape index (κ3) is 5.05. The summed E-state index contributed by atoms with van der Waals surface area (Å²) in [4.78, 5) is 24.4. The zero-order chi connectivity index (χ0) is 24.3. The number of nitrogens with one attached hydrogen (secondary N) is 1. The largest absolute Gasteiger partial charge is 0.483 e. The number of carbonyl (C=O) groups is 2. The van der Waals surface area contributed by atoms with Crippen LogP contribution in [0, 0.1) is 0 Å². The molecule has 1 atom stereocenters. The van der Waals surface area contributed by atoms with Gasteiger partial charge in [-0.25, -0.2) is 8.42 Å². The van der Waals surface area contributed by atoms with Gasteiger partial charge in [0.2, 0.25) is 10.0 Å². The van der Waals surface area contributed by atoms with Crippen LogP contribution in [0.3, 0.4) is 0 Å². The first-order valence-corrected chi connectivity index (χ1v) is 12.5. The van der Waals surface area contributed by atoms with E-state index in [1.165, 1.54) is 22.5 Å². The molecule has 178 valence electrons. The SMILES string of the molecule is C[C@@H](NC(=O)COc1ccc(S(=O)(=O)N2CCCC2)cc1C(N)=O)c1ccc2ccccc2c1. The molecule has 0 aromatic heterocycles. The quantitative estimate of drug-likeness (QED) is 0.513. The highest BCUT2D eigenvalue weighted by Crippen LogP contribution is 2.27. The predicted octanol–water partition coefficient (Wildman–Crippen LogP) is 2.98. The van der Waals surface area contributed by atoms with Crippen LogP contribution >= 0.6 is 0 Å². The molecule has 0 radical (unpaired) electrons. The van der Waals surface area contributed by atoms with Gasteiger partial charge in [-0.2, -0.15) is 4.31 Å². The molecule has 8 nitrogen and oxygen atoms in total. The molecule has 3 aromatic carbocycles. The highest BCUT2D eigenvalue weighted by atomic mass is 32.2. The van der Waals surface area contributed by atoms with E-state index in [9.17, 15) is 18.0 Å². The van der Waals surface area contributed by atoms with Crippen molar-refractivity contribution in [3.8, 4) is 5.75 Å². The number of amides is 2. The van der Waals surface area contributed by atoms with Gasteiger partial charge in [-0.1, -0.05) is 36.4 Å². The Balaban J connectivity index is 1.43. The average molecular weight is 482 g/mol. The number of rotatable bonds is 8. The Morgan fingerprint density at radius 3 is 2.44 bits per heavy atom. The van der Waals surface area contributed by atoms with Crippen molar-refractivity contribution < 1.29 is 22.7 Å². The van der Waals surface area contributed by atoms with Gasteiger partial charge in [-0.3, -0.25) is 9.59 Å². The number of hydrogen-bond acceptors (Lipinski definition) is 5. The van der Waals surface area contributed by atoms with Crippen molar-refractivity contribution in [2.45, 2.75) is 30.7 Å². The molecule has 1 fully saturated rings. The van der Waals surface area contributed by atoms with Crippen LogP contribution in [0.2, 0.25) is 0 Å². The molecule has 0 spiro atoms. The predicted molar refractivity (Wildman–Crippen MR) is 129 cm³/mol. The van der Waals surface area contributed by atoms with E-state index in [1.807, 2.05) is 49.4 Å². The fraction of sp³-hybridized carbons (Fsp3) is 0.280. The van der Waals surface area contributed by atoms with Gasteiger partial charge in [0, 0.05) is 13.1 Å². The molecule has 0 unspecified atom stereocenters. The van der Waals surface area contributed by atoms with E-state index in [0.29, 0.717) is 13.1 Å². The number of fused-ring (bicyclic) bond motifs is 1. The molecule has 3 aromatic rings. The van der Waals surface area contributed by atoms with Crippen molar-refractivity contribution in [1.29, 1.82) is 0 Å². The molecular formula is C25H27N3O5S. The number of benzene rings is 3. The summed E-state index contributed by atoms with van der Waals surface area (Å²) in [5.74, 6) is -1.16. The maximum absolute atomic E-state index is 12.8. The summed E-state index contributed by atoms with van der Waals surface area (Å²) in [6.07, 6.45) is 1.60. The van der Waals surface area contributed by atoms with Crippen molar-refractivity contribution in [2.75, 3.05) is 19.7 Å². The molecule has 34 heavy (non-hydrogen) atoms. The second kappa shape index (κ2) is 9.82. The van der Waals surface area contributed by atoms with Crippen molar-refractivity contribution >= 4 is 32.6 Å². The molecule has 0 aliphatic carbocycles. The van der Waals surface area contributed by atoms with Crippen LogP contribution in [0.5, 0.6) is 5.75 Å². The lowest BCUT2D eigenvalue weighted by Crippen LogP contribution is -2.31. The molecule has 1 aliphatic rings. The van der Waals surface area contributed by atoms with Crippen LogP contribution in [0.25, 0.3) is 10.8 Å². The summed E-state index contributed by atoms with van der Waals surface area (Å²) in [6, 6.07) is 17.6. The molecular weight excluding hydrogens is 454 g/mol. The first kappa shape index (κ1) is 23.7. The van der Waals surface area contributed by atoms with Crippen LogP contribution in [0.1, 0.15) is 41.7 Å². The number of hydrogen-bond donors (Lipinski definition) is 2. The van der Waals surface area contributed by atoms with Crippen molar-refractivity contribution in [3.63, 3.8) is 0 Å². The Bertz CT molecular complexity index is 1330. The third-order valence-electron chi connectivity index (χ3n) is 5.93. The van der Waals surface area contributed by atoms with Gasteiger partial charge in [0.05, 0.1) is 16.5 Å². The number of sulfonamides is 1. The maximum atomic E-state index is 12.8. The van der Waals surface area contributed by atoms with E-state index in [2.05, 4.69) is 5.32 Å². The Hall–Kier alpha value is -3.43. The normalized spacial score (nSPS) is 15.2. The van der Waals surface area contributed by atoms with Crippen LogP contribution in [-0.2, 0) is 14.8 Å². The maximum Gasteiger partial charge on any atom is 0.258 e. The van der Waals surface area contributed by atoms with E-state index >= 15 is 0 Å². The second-order valence-corrected chi connectivity index (χ2v) is 10.3. The Kier molecular flexibility index (Phi) is 6.85. The molecule has 9 heteroatoms. The minimum absolute atomic E-state index is 0.0232. The van der Waals surface area contributed by atoms with Crippen LogP contribution < -0.4 is 15.8 Å². The van der Waals surface area contributed by atoms with Gasteiger partial charge in [-0.15, -0.1) is 0 Å². The smallest absolute Gasteiger partial charge is 0.258 e. The Morgan fingerprint density at radius 2 is 1.74 bits per heavy atom. The fourth-order valence-corrected chi connectivity index (χ4v) is 5.60. The number of primary amides is 1. The van der Waals surface area contributed by atoms with Crippen molar-refractivity contribution in [1.82, 2.24) is 9.62 Å². The molecule has 2 amide bonds. The van der Waals surface area contributed by atoms with Crippen LogP contribution in [0.15, 0.2) is 65.6 Å². The second-order valence-electron chi connectivity index (χ2n) is 8.32. The first-order chi connectivity index (χ1) is 16.3. The van der Waals surface area contributed by atoms with E-state index in [1.54, 1.807) is 0 Å². The molecule has 1 heterocycles. The van der Waals surface area contributed by atoms with Gasteiger partial charge >= 0.3 is 0 Å². The number of carbonyl (C=O) groups excluding carboxylic acids is 2. The Morgan fingerprint density at radius 1 is 1.03 bits per heavy atom. The zero-order valence-electron chi connectivity index (χ0n) is 18.9. The van der Waals surface area contributed by atoms with E-state index in [4.69, 9.17) is 10.5 Å². The zero-order valence-corrected chi connectivity index (χ0v) is 19.7. The molecule has 1 aliphatic heterocycles. The summed E-state index contributed by atoms with van der Waals surface area (Å²) in [6.45, 7) is 2.41. The standard InChI is InChI=1S/C25H27N3O5S/c1-17(19-9-8-18-6-2-3-7-20(18)14-19)27-24(29)16-33-23-11-10-21(15-22(23)25(26)30)34(31,32)28-12-4-5-13-28/h2-3,6-11,14-15,17H,4-5,12-13,16H2,1H3,(H2,26,30)(H,27,29)/t17-/m1/s1. The average Bonchev–Trinajstić information content (AvgIpc) is 3.38.